The van der Waals surface area contributed by atoms with E-state index in [1.54, 1.807) is 10.7 Å². The monoisotopic (exact) mass is 476 g/mol. The fourth-order valence-electron chi connectivity index (χ4n) is 4.82. The van der Waals surface area contributed by atoms with Crippen molar-refractivity contribution in [3.8, 4) is 11.5 Å². The number of anilines is 1. The van der Waals surface area contributed by atoms with Crippen molar-refractivity contribution in [2.24, 2.45) is 0 Å². The third-order valence-electron chi connectivity index (χ3n) is 6.54. The van der Waals surface area contributed by atoms with Crippen molar-refractivity contribution in [3.63, 3.8) is 0 Å². The Morgan fingerprint density at radius 2 is 1.97 bits per heavy atom. The molecule has 0 radical (unpaired) electrons. The van der Waals surface area contributed by atoms with Gasteiger partial charge in [-0.05, 0) is 60.9 Å². The third kappa shape index (κ3) is 3.92. The smallest absolute Gasteiger partial charge is 0.255 e. The highest BCUT2D eigenvalue weighted by Crippen LogP contribution is 2.38. The molecule has 178 valence electrons. The number of benzene rings is 2. The number of nitrogens with zero attached hydrogens (tertiary/aromatic N) is 3. The summed E-state index contributed by atoms with van der Waals surface area (Å²) < 4.78 is 40.7. The maximum Gasteiger partial charge on any atom is 0.255 e. The molecule has 2 aromatic heterocycles. The first-order valence-electron chi connectivity index (χ1n) is 11.4. The van der Waals surface area contributed by atoms with Crippen LogP contribution in [0.3, 0.4) is 0 Å². The standard InChI is InChI=1S/C26H22F2N4O3/c27-17-4-5-21(28)19(11-17)22-2-1-8-31(22)18-7-9-32-23(12-18)20(14-30-32)26(33)29-13-16-3-6-24-25(10-16)35-15-34-24/h3-7,9-12,14,22H,1-2,8,13,15H2,(H,29,33)/t22-/m1/s1. The van der Waals surface area contributed by atoms with Crippen LogP contribution in [-0.4, -0.2) is 28.9 Å². The van der Waals surface area contributed by atoms with Crippen molar-refractivity contribution in [2.75, 3.05) is 18.2 Å². The fourth-order valence-corrected chi connectivity index (χ4v) is 4.82. The lowest BCUT2D eigenvalue weighted by molar-refractivity contribution is 0.0952. The van der Waals surface area contributed by atoms with Crippen molar-refractivity contribution in [1.82, 2.24) is 14.9 Å². The molecule has 2 aliphatic heterocycles. The Labute approximate surface area is 199 Å². The Hall–Kier alpha value is -4.14. The molecule has 2 aliphatic rings. The van der Waals surface area contributed by atoms with Gasteiger partial charge in [-0.1, -0.05) is 6.07 Å². The van der Waals surface area contributed by atoms with Crippen LogP contribution in [0.2, 0.25) is 0 Å². The quantitative estimate of drug-likeness (QED) is 0.456. The highest BCUT2D eigenvalue weighted by molar-refractivity contribution is 6.01. The Kier molecular flexibility index (Phi) is 5.24. The SMILES string of the molecule is O=C(NCc1ccc2c(c1)OCO2)c1cnn2ccc(N3CCC[C@@H]3c3cc(F)ccc3F)cc12. The van der Waals surface area contributed by atoms with Gasteiger partial charge in [-0.25, -0.2) is 13.3 Å². The number of aromatic nitrogens is 2. The minimum Gasteiger partial charge on any atom is -0.454 e. The second-order valence-electron chi connectivity index (χ2n) is 8.66. The highest BCUT2D eigenvalue weighted by Gasteiger charge is 2.29. The maximum absolute atomic E-state index is 14.5. The Morgan fingerprint density at radius 3 is 2.89 bits per heavy atom. The molecule has 1 N–H and O–H groups in total. The predicted molar refractivity (Wildman–Crippen MR) is 125 cm³/mol. The topological polar surface area (TPSA) is 68.1 Å². The second-order valence-corrected chi connectivity index (χ2v) is 8.66. The van der Waals surface area contributed by atoms with Gasteiger partial charge in [0.15, 0.2) is 11.5 Å². The molecule has 4 aromatic rings. The van der Waals surface area contributed by atoms with Crippen LogP contribution in [0, 0.1) is 11.6 Å². The summed E-state index contributed by atoms with van der Waals surface area (Å²) in [4.78, 5) is 15.1. The van der Waals surface area contributed by atoms with Gasteiger partial charge in [0, 0.05) is 30.5 Å². The summed E-state index contributed by atoms with van der Waals surface area (Å²) >= 11 is 0. The number of hydrogen-bond donors (Lipinski definition) is 1. The number of carbonyl (C=O) groups is 1. The lowest BCUT2D eigenvalue weighted by Gasteiger charge is -2.27. The number of halogens is 2. The van der Waals surface area contributed by atoms with E-state index in [1.807, 2.05) is 30.3 Å². The first kappa shape index (κ1) is 21.4. The van der Waals surface area contributed by atoms with Crippen LogP contribution in [0.1, 0.15) is 40.4 Å². The molecule has 4 heterocycles. The van der Waals surface area contributed by atoms with Crippen LogP contribution in [0.4, 0.5) is 14.5 Å². The lowest BCUT2D eigenvalue weighted by atomic mass is 10.0. The van der Waals surface area contributed by atoms with Gasteiger partial charge in [0.2, 0.25) is 6.79 Å². The van der Waals surface area contributed by atoms with Crippen molar-refractivity contribution >= 4 is 17.1 Å². The van der Waals surface area contributed by atoms with Crippen molar-refractivity contribution in [3.05, 3.63) is 89.2 Å². The van der Waals surface area contributed by atoms with Crippen molar-refractivity contribution < 1.29 is 23.0 Å². The van der Waals surface area contributed by atoms with Gasteiger partial charge < -0.3 is 19.7 Å². The summed E-state index contributed by atoms with van der Waals surface area (Å²) in [6.45, 7) is 1.22. The summed E-state index contributed by atoms with van der Waals surface area (Å²) in [5, 5.41) is 7.23. The Morgan fingerprint density at radius 1 is 1.09 bits per heavy atom. The fraction of sp³-hybridized carbons (Fsp3) is 0.231. The molecule has 0 bridgehead atoms. The van der Waals surface area contributed by atoms with Gasteiger partial charge in [-0.3, -0.25) is 4.79 Å². The zero-order valence-corrected chi connectivity index (χ0v) is 18.7. The van der Waals surface area contributed by atoms with E-state index in [4.69, 9.17) is 9.47 Å². The number of pyridine rings is 1. The molecular weight excluding hydrogens is 454 g/mol. The average molecular weight is 476 g/mol. The third-order valence-corrected chi connectivity index (χ3v) is 6.54. The minimum atomic E-state index is -0.457. The summed E-state index contributed by atoms with van der Waals surface area (Å²) in [7, 11) is 0. The molecule has 0 aliphatic carbocycles. The zero-order chi connectivity index (χ0) is 23.9. The molecule has 1 fully saturated rings. The molecule has 0 spiro atoms. The molecule has 7 nitrogen and oxygen atoms in total. The molecule has 35 heavy (non-hydrogen) atoms. The molecule has 1 saturated heterocycles. The van der Waals surface area contributed by atoms with Gasteiger partial charge >= 0.3 is 0 Å². The van der Waals surface area contributed by atoms with Crippen LogP contribution in [0.5, 0.6) is 11.5 Å². The van der Waals surface area contributed by atoms with E-state index < -0.39 is 11.6 Å². The Bertz CT molecular complexity index is 1440. The summed E-state index contributed by atoms with van der Waals surface area (Å²) in [6.07, 6.45) is 4.88. The predicted octanol–water partition coefficient (Wildman–Crippen LogP) is 4.61. The lowest BCUT2D eigenvalue weighted by Crippen LogP contribution is -2.24. The van der Waals surface area contributed by atoms with Gasteiger partial charge in [-0.2, -0.15) is 5.10 Å². The zero-order valence-electron chi connectivity index (χ0n) is 18.7. The van der Waals surface area contributed by atoms with E-state index in [2.05, 4.69) is 15.3 Å². The van der Waals surface area contributed by atoms with Crippen LogP contribution < -0.4 is 19.7 Å². The molecule has 6 rings (SSSR count). The number of rotatable bonds is 5. The summed E-state index contributed by atoms with van der Waals surface area (Å²) in [5.74, 6) is 0.211. The van der Waals surface area contributed by atoms with Crippen molar-refractivity contribution in [1.29, 1.82) is 0 Å². The number of fused-ring (bicyclic) bond motifs is 2. The number of amides is 1. The molecule has 0 unspecified atom stereocenters. The molecular formula is C26H22F2N4O3. The molecule has 1 atom stereocenters. The first-order chi connectivity index (χ1) is 17.1. The molecule has 1 amide bonds. The minimum absolute atomic E-state index is 0.194. The van der Waals surface area contributed by atoms with Crippen LogP contribution in [0.15, 0.2) is 60.9 Å². The van der Waals surface area contributed by atoms with E-state index >= 15 is 0 Å². The first-order valence-corrected chi connectivity index (χ1v) is 11.4. The van der Waals surface area contributed by atoms with Gasteiger partial charge in [-0.15, -0.1) is 0 Å². The van der Waals surface area contributed by atoms with E-state index in [-0.39, 0.29) is 18.7 Å². The van der Waals surface area contributed by atoms with E-state index in [1.165, 1.54) is 18.3 Å². The Balaban J connectivity index is 1.25. The van der Waals surface area contributed by atoms with Gasteiger partial charge in [0.25, 0.3) is 5.91 Å². The number of ether oxygens (including phenoxy) is 2. The van der Waals surface area contributed by atoms with Gasteiger partial charge in [0.05, 0.1) is 23.3 Å². The van der Waals surface area contributed by atoms with Crippen molar-refractivity contribution in [2.45, 2.75) is 25.4 Å². The number of carbonyl (C=O) groups excluding carboxylic acids is 1. The summed E-state index contributed by atoms with van der Waals surface area (Å²) in [5.41, 5.74) is 3.12. The average Bonchev–Trinajstić information content (AvgIpc) is 3.62. The van der Waals surface area contributed by atoms with Gasteiger partial charge in [0.1, 0.15) is 11.6 Å². The van der Waals surface area contributed by atoms with E-state index in [0.717, 1.165) is 23.7 Å². The highest BCUT2D eigenvalue weighted by atomic mass is 19.1. The normalized spacial score (nSPS) is 16.7. The number of nitrogens with one attached hydrogen (secondary N) is 1. The molecule has 9 heteroatoms. The van der Waals surface area contributed by atoms with E-state index in [9.17, 15) is 13.6 Å². The second kappa shape index (κ2) is 8.57. The number of hydrogen-bond acceptors (Lipinski definition) is 5. The van der Waals surface area contributed by atoms with Crippen LogP contribution in [0.25, 0.3) is 5.52 Å². The summed E-state index contributed by atoms with van der Waals surface area (Å²) in [6, 6.07) is 12.6. The molecule has 0 saturated carbocycles. The van der Waals surface area contributed by atoms with E-state index in [0.29, 0.717) is 47.7 Å². The molecule has 2 aromatic carbocycles. The maximum atomic E-state index is 14.5. The largest absolute Gasteiger partial charge is 0.454 e. The van der Waals surface area contributed by atoms with Crippen LogP contribution >= 0.6 is 0 Å². The van der Waals surface area contributed by atoms with Crippen LogP contribution in [-0.2, 0) is 6.54 Å².